The van der Waals surface area contributed by atoms with E-state index in [2.05, 4.69) is 5.32 Å². The Kier molecular flexibility index (Phi) is 8.33. The van der Waals surface area contributed by atoms with Gasteiger partial charge in [0.1, 0.15) is 0 Å². The second-order valence-corrected chi connectivity index (χ2v) is 7.82. The van der Waals surface area contributed by atoms with Crippen LogP contribution in [0.3, 0.4) is 0 Å². The minimum Gasteiger partial charge on any atom is -0.385 e. The maximum atomic E-state index is 13.4. The Morgan fingerprint density at radius 1 is 1.06 bits per heavy atom. The molecule has 1 atom stereocenters. The molecule has 0 spiro atoms. The number of methoxy groups -OCH3 is 1. The van der Waals surface area contributed by atoms with Crippen molar-refractivity contribution in [3.63, 3.8) is 0 Å². The van der Waals surface area contributed by atoms with Gasteiger partial charge in [0.05, 0.1) is 0 Å². The Hall–Kier alpha value is -3.26. The van der Waals surface area contributed by atoms with Crippen molar-refractivity contribution >= 4 is 17.6 Å². The van der Waals surface area contributed by atoms with Crippen LogP contribution in [0.2, 0.25) is 0 Å². The smallest absolute Gasteiger partial charge is 0.253 e. The van der Waals surface area contributed by atoms with Gasteiger partial charge >= 0.3 is 0 Å². The van der Waals surface area contributed by atoms with E-state index < -0.39 is 23.3 Å². The Morgan fingerprint density at radius 2 is 1.75 bits per heavy atom. The van der Waals surface area contributed by atoms with Crippen LogP contribution in [0.1, 0.15) is 35.7 Å². The normalized spacial score (nSPS) is 15.2. The molecule has 0 radical (unpaired) electrons. The van der Waals surface area contributed by atoms with Crippen molar-refractivity contribution in [1.82, 2.24) is 14.8 Å². The zero-order valence-electron chi connectivity index (χ0n) is 18.2. The fourth-order valence-corrected chi connectivity index (χ4v) is 3.88. The fraction of sp³-hybridized carbons (Fsp3) is 0.417. The molecule has 2 aromatic rings. The van der Waals surface area contributed by atoms with E-state index in [0.717, 1.165) is 6.42 Å². The molecule has 170 valence electrons. The van der Waals surface area contributed by atoms with Gasteiger partial charge in [0.2, 0.25) is 5.91 Å². The Balaban J connectivity index is 1.71. The summed E-state index contributed by atoms with van der Waals surface area (Å²) in [6.45, 7) is 1.85. The maximum Gasteiger partial charge on any atom is 0.253 e. The molecule has 8 nitrogen and oxygen atoms in total. The molecule has 2 amide bonds. The van der Waals surface area contributed by atoms with E-state index in [1.54, 1.807) is 54.5 Å². The number of likely N-dealkylation sites (tertiary alicyclic amines) is 1. The van der Waals surface area contributed by atoms with Crippen LogP contribution < -0.4 is 10.9 Å². The topological polar surface area (TPSA) is 97.7 Å². The van der Waals surface area contributed by atoms with Crippen LogP contribution in [0.25, 0.3) is 0 Å². The summed E-state index contributed by atoms with van der Waals surface area (Å²) in [4.78, 5) is 53.1. The first-order valence-corrected chi connectivity index (χ1v) is 10.8. The van der Waals surface area contributed by atoms with E-state index >= 15 is 0 Å². The van der Waals surface area contributed by atoms with Crippen molar-refractivity contribution in [2.24, 2.45) is 5.92 Å². The van der Waals surface area contributed by atoms with Crippen LogP contribution in [-0.4, -0.2) is 60.4 Å². The highest BCUT2D eigenvalue weighted by Gasteiger charge is 2.36. The number of piperidine rings is 1. The predicted molar refractivity (Wildman–Crippen MR) is 119 cm³/mol. The van der Waals surface area contributed by atoms with Crippen molar-refractivity contribution in [2.75, 3.05) is 33.4 Å². The van der Waals surface area contributed by atoms with Crippen molar-refractivity contribution < 1.29 is 19.1 Å². The Morgan fingerprint density at radius 3 is 2.41 bits per heavy atom. The zero-order chi connectivity index (χ0) is 22.9. The van der Waals surface area contributed by atoms with Gasteiger partial charge in [-0.05, 0) is 25.3 Å². The van der Waals surface area contributed by atoms with Gasteiger partial charge in [0.15, 0.2) is 11.8 Å². The van der Waals surface area contributed by atoms with Crippen LogP contribution in [0.4, 0.5) is 0 Å². The number of Topliss-reactive ketones (excluding diaryl/α,β-unsaturated/α-hetero) is 1. The molecule has 1 aliphatic heterocycles. The zero-order valence-corrected chi connectivity index (χ0v) is 18.2. The second kappa shape index (κ2) is 11.4. The van der Waals surface area contributed by atoms with Gasteiger partial charge in [0, 0.05) is 57.1 Å². The average molecular weight is 440 g/mol. The van der Waals surface area contributed by atoms with Crippen molar-refractivity contribution in [3.05, 3.63) is 70.6 Å². The summed E-state index contributed by atoms with van der Waals surface area (Å²) in [5.41, 5.74) is -0.0487. The SMILES string of the molecule is COCCCNC(=O)C1CCN(C(=O)C(C(=O)c2ccccc2)n2ccccc2=O)CC1. The average Bonchev–Trinajstić information content (AvgIpc) is 2.83. The largest absolute Gasteiger partial charge is 0.385 e. The first-order valence-electron chi connectivity index (χ1n) is 10.8. The molecule has 1 aromatic heterocycles. The standard InChI is InChI=1S/C24H29N3O5/c1-32-17-7-13-25-23(30)19-11-15-26(16-12-19)24(31)21(27-14-6-5-10-20(27)28)22(29)18-8-3-2-4-9-18/h2-6,8-10,14,19,21H,7,11-13,15-17H2,1H3,(H,25,30). The molecule has 3 rings (SSSR count). The lowest BCUT2D eigenvalue weighted by atomic mass is 9.94. The number of pyridine rings is 1. The molecular weight excluding hydrogens is 410 g/mol. The molecule has 1 aliphatic rings. The summed E-state index contributed by atoms with van der Waals surface area (Å²) in [6, 6.07) is 11.8. The number of aromatic nitrogens is 1. The number of nitrogens with one attached hydrogen (secondary N) is 1. The van der Waals surface area contributed by atoms with Crippen molar-refractivity contribution in [1.29, 1.82) is 0 Å². The molecule has 0 bridgehead atoms. The maximum absolute atomic E-state index is 13.4. The predicted octanol–water partition coefficient (Wildman–Crippen LogP) is 1.66. The lowest BCUT2D eigenvalue weighted by molar-refractivity contribution is -0.137. The number of nitrogens with zero attached hydrogens (tertiary/aromatic N) is 2. The number of ketones is 1. The summed E-state index contributed by atoms with van der Waals surface area (Å²) >= 11 is 0. The van der Waals surface area contributed by atoms with E-state index in [-0.39, 0.29) is 11.8 Å². The van der Waals surface area contributed by atoms with Crippen LogP contribution >= 0.6 is 0 Å². The number of carbonyl (C=O) groups is 3. The van der Waals surface area contributed by atoms with E-state index in [4.69, 9.17) is 4.74 Å². The molecule has 8 heteroatoms. The molecule has 0 aliphatic carbocycles. The van der Waals surface area contributed by atoms with E-state index in [1.165, 1.54) is 16.8 Å². The van der Waals surface area contributed by atoms with Crippen LogP contribution in [0, 0.1) is 5.92 Å². The van der Waals surface area contributed by atoms with Gasteiger partial charge in [-0.3, -0.25) is 23.7 Å². The third-order valence-electron chi connectivity index (χ3n) is 5.67. The van der Waals surface area contributed by atoms with Gasteiger partial charge < -0.3 is 15.0 Å². The van der Waals surface area contributed by atoms with E-state index in [9.17, 15) is 19.2 Å². The van der Waals surface area contributed by atoms with E-state index in [0.29, 0.717) is 44.6 Å². The number of hydrogen-bond donors (Lipinski definition) is 1. The number of hydrogen-bond acceptors (Lipinski definition) is 5. The minimum atomic E-state index is -1.27. The fourth-order valence-electron chi connectivity index (χ4n) is 3.88. The highest BCUT2D eigenvalue weighted by Crippen LogP contribution is 2.22. The summed E-state index contributed by atoms with van der Waals surface area (Å²) < 4.78 is 6.17. The molecule has 1 aromatic carbocycles. The van der Waals surface area contributed by atoms with Crippen LogP contribution in [0.5, 0.6) is 0 Å². The van der Waals surface area contributed by atoms with Crippen molar-refractivity contribution in [3.8, 4) is 0 Å². The molecule has 32 heavy (non-hydrogen) atoms. The summed E-state index contributed by atoms with van der Waals surface area (Å²) in [5, 5.41) is 2.91. The first-order chi connectivity index (χ1) is 15.5. The van der Waals surface area contributed by atoms with Crippen molar-refractivity contribution in [2.45, 2.75) is 25.3 Å². The van der Waals surface area contributed by atoms with Gasteiger partial charge in [-0.2, -0.15) is 0 Å². The monoisotopic (exact) mass is 439 g/mol. The van der Waals surface area contributed by atoms with Gasteiger partial charge in [-0.1, -0.05) is 36.4 Å². The quantitative estimate of drug-likeness (QED) is 0.364. The molecule has 1 saturated heterocycles. The Labute approximate surface area is 187 Å². The van der Waals surface area contributed by atoms with Crippen LogP contribution in [-0.2, 0) is 14.3 Å². The molecule has 1 unspecified atom stereocenters. The van der Waals surface area contributed by atoms with Crippen LogP contribution in [0.15, 0.2) is 59.5 Å². The van der Waals surface area contributed by atoms with Gasteiger partial charge in [0.25, 0.3) is 11.5 Å². The number of benzene rings is 1. The number of amides is 2. The minimum absolute atomic E-state index is 0.0237. The molecule has 1 fully saturated rings. The lowest BCUT2D eigenvalue weighted by Crippen LogP contribution is -2.48. The number of rotatable bonds is 9. The molecule has 1 N–H and O–H groups in total. The summed E-state index contributed by atoms with van der Waals surface area (Å²) in [6.07, 6.45) is 3.23. The van der Waals surface area contributed by atoms with Gasteiger partial charge in [-0.25, -0.2) is 0 Å². The first kappa shape index (κ1) is 23.4. The Bertz CT molecular complexity index is 980. The summed E-state index contributed by atoms with van der Waals surface area (Å²) in [5.74, 6) is -1.05. The lowest BCUT2D eigenvalue weighted by Gasteiger charge is -2.33. The highest BCUT2D eigenvalue weighted by molar-refractivity contribution is 6.11. The molecular formula is C24H29N3O5. The molecule has 0 saturated carbocycles. The number of ether oxygens (including phenoxy) is 1. The highest BCUT2D eigenvalue weighted by atomic mass is 16.5. The summed E-state index contributed by atoms with van der Waals surface area (Å²) in [7, 11) is 1.62. The third-order valence-corrected chi connectivity index (χ3v) is 5.67. The number of carbonyl (C=O) groups excluding carboxylic acids is 3. The molecule has 2 heterocycles. The van der Waals surface area contributed by atoms with Gasteiger partial charge in [-0.15, -0.1) is 0 Å². The third kappa shape index (κ3) is 5.70. The van der Waals surface area contributed by atoms with E-state index in [1.807, 2.05) is 0 Å². The second-order valence-electron chi connectivity index (χ2n) is 7.82.